The van der Waals surface area contributed by atoms with Gasteiger partial charge in [0.15, 0.2) is 0 Å². The van der Waals surface area contributed by atoms with Gasteiger partial charge in [-0.25, -0.2) is 4.98 Å². The highest BCUT2D eigenvalue weighted by Gasteiger charge is 2.24. The van der Waals surface area contributed by atoms with E-state index in [9.17, 15) is 4.79 Å². The summed E-state index contributed by atoms with van der Waals surface area (Å²) in [4.78, 5) is 19.5. The van der Waals surface area contributed by atoms with Crippen LogP contribution >= 0.6 is 11.3 Å². The molecule has 0 fully saturated rings. The molecule has 1 aliphatic heterocycles. The number of rotatable bonds is 5. The van der Waals surface area contributed by atoms with Crippen LogP contribution in [0.25, 0.3) is 10.6 Å². The van der Waals surface area contributed by atoms with Gasteiger partial charge in [0.05, 0.1) is 18.7 Å². The first-order valence-corrected chi connectivity index (χ1v) is 10.4. The molecule has 0 spiro atoms. The summed E-state index contributed by atoms with van der Waals surface area (Å²) in [5, 5.41) is 2.88. The van der Waals surface area contributed by atoms with Crippen molar-refractivity contribution in [2.45, 2.75) is 26.2 Å². The van der Waals surface area contributed by atoms with E-state index in [1.54, 1.807) is 11.3 Å². The van der Waals surface area contributed by atoms with Crippen LogP contribution in [0.3, 0.4) is 0 Å². The van der Waals surface area contributed by atoms with Crippen molar-refractivity contribution in [1.29, 1.82) is 0 Å². The first-order chi connectivity index (χ1) is 13.7. The Balaban J connectivity index is 1.49. The maximum Gasteiger partial charge on any atom is 0.233 e. The van der Waals surface area contributed by atoms with Crippen molar-refractivity contribution in [3.63, 3.8) is 0 Å². The number of thiazole rings is 1. The molecule has 5 nitrogen and oxygen atoms in total. The van der Waals surface area contributed by atoms with Gasteiger partial charge in [0, 0.05) is 28.9 Å². The van der Waals surface area contributed by atoms with Crippen molar-refractivity contribution in [3.8, 4) is 16.3 Å². The van der Waals surface area contributed by atoms with E-state index in [4.69, 9.17) is 10.5 Å². The van der Waals surface area contributed by atoms with Gasteiger partial charge in [-0.05, 0) is 61.7 Å². The fourth-order valence-corrected chi connectivity index (χ4v) is 4.37. The lowest BCUT2D eigenvalue weighted by atomic mass is 9.99. The highest BCUT2D eigenvalue weighted by Crippen LogP contribution is 2.32. The Hall–Kier alpha value is -2.86. The Morgan fingerprint density at radius 1 is 1.25 bits per heavy atom. The molecule has 1 amide bonds. The summed E-state index contributed by atoms with van der Waals surface area (Å²) >= 11 is 1.56. The Labute approximate surface area is 168 Å². The van der Waals surface area contributed by atoms with Gasteiger partial charge in [-0.15, -0.1) is 11.3 Å². The number of amides is 1. The van der Waals surface area contributed by atoms with Crippen LogP contribution in [0.5, 0.6) is 5.75 Å². The topological polar surface area (TPSA) is 68.5 Å². The van der Waals surface area contributed by atoms with Crippen molar-refractivity contribution in [3.05, 3.63) is 59.1 Å². The van der Waals surface area contributed by atoms with Gasteiger partial charge in [-0.3, -0.25) is 4.79 Å². The predicted molar refractivity (Wildman–Crippen MR) is 114 cm³/mol. The molecule has 4 rings (SSSR count). The molecule has 0 bridgehead atoms. The largest absolute Gasteiger partial charge is 0.494 e. The molecular formula is C22H23N3O2S. The zero-order chi connectivity index (χ0) is 19.5. The lowest BCUT2D eigenvalue weighted by Crippen LogP contribution is -2.36. The molecule has 0 unspecified atom stereocenters. The molecule has 0 radical (unpaired) electrons. The monoisotopic (exact) mass is 393 g/mol. The molecule has 0 saturated carbocycles. The minimum absolute atomic E-state index is 0.0649. The molecule has 0 saturated heterocycles. The van der Waals surface area contributed by atoms with E-state index in [0.717, 1.165) is 58.3 Å². The lowest BCUT2D eigenvalue weighted by Gasteiger charge is -2.30. The van der Waals surface area contributed by atoms with E-state index >= 15 is 0 Å². The summed E-state index contributed by atoms with van der Waals surface area (Å²) < 4.78 is 5.48. The van der Waals surface area contributed by atoms with E-state index < -0.39 is 0 Å². The van der Waals surface area contributed by atoms with Gasteiger partial charge < -0.3 is 15.4 Å². The molecule has 3 aromatic rings. The van der Waals surface area contributed by atoms with Crippen molar-refractivity contribution in [1.82, 2.24) is 4.98 Å². The maximum absolute atomic E-state index is 12.9. The maximum atomic E-state index is 12.9. The molecule has 144 valence electrons. The molecule has 0 atom stereocenters. The minimum atomic E-state index is 0.0649. The van der Waals surface area contributed by atoms with Crippen LogP contribution in [0.4, 0.5) is 11.4 Å². The third-order valence-corrected chi connectivity index (χ3v) is 5.82. The number of anilines is 2. The first kappa shape index (κ1) is 18.5. The van der Waals surface area contributed by atoms with Crippen molar-refractivity contribution < 1.29 is 9.53 Å². The van der Waals surface area contributed by atoms with Crippen LogP contribution in [0.15, 0.2) is 47.8 Å². The molecular weight excluding hydrogens is 370 g/mol. The lowest BCUT2D eigenvalue weighted by molar-refractivity contribution is -0.118. The molecule has 2 N–H and O–H groups in total. The summed E-state index contributed by atoms with van der Waals surface area (Å²) in [5.41, 5.74) is 10.7. The van der Waals surface area contributed by atoms with Crippen molar-refractivity contribution in [2.24, 2.45) is 0 Å². The summed E-state index contributed by atoms with van der Waals surface area (Å²) in [6.45, 7) is 3.34. The second-order valence-corrected chi connectivity index (χ2v) is 7.63. The molecule has 6 heteroatoms. The minimum Gasteiger partial charge on any atom is -0.494 e. The van der Waals surface area contributed by atoms with Crippen LogP contribution in [-0.4, -0.2) is 24.0 Å². The quantitative estimate of drug-likeness (QED) is 0.656. The number of ether oxygens (including phenoxy) is 1. The van der Waals surface area contributed by atoms with Crippen LogP contribution in [0, 0.1) is 0 Å². The normalized spacial score (nSPS) is 13.2. The van der Waals surface area contributed by atoms with Gasteiger partial charge in [0.1, 0.15) is 10.8 Å². The molecule has 1 aliphatic rings. The van der Waals surface area contributed by atoms with Gasteiger partial charge in [0.25, 0.3) is 0 Å². The highest BCUT2D eigenvalue weighted by molar-refractivity contribution is 7.13. The van der Waals surface area contributed by atoms with Crippen LogP contribution in [0.2, 0.25) is 0 Å². The van der Waals surface area contributed by atoms with Crippen molar-refractivity contribution in [2.75, 3.05) is 23.8 Å². The number of carbonyl (C=O) groups excluding carboxylic acids is 1. The average Bonchev–Trinajstić information content (AvgIpc) is 3.17. The second kappa shape index (κ2) is 8.02. The van der Waals surface area contributed by atoms with Gasteiger partial charge in [0.2, 0.25) is 5.91 Å². The van der Waals surface area contributed by atoms with E-state index in [-0.39, 0.29) is 5.91 Å². The standard InChI is InChI=1S/C22H23N3O2S/c1-2-27-17-10-8-15(9-11-17)22-24-16(14-28-22)13-21(26)25-12-4-5-18-19(23)6-3-7-20(18)25/h3,6-11,14H,2,4-5,12-13,23H2,1H3. The van der Waals surface area contributed by atoms with E-state index in [1.807, 2.05) is 59.7 Å². The predicted octanol–water partition coefficient (Wildman–Crippen LogP) is 4.31. The number of nitrogen functional groups attached to an aromatic ring is 1. The number of fused-ring (bicyclic) bond motifs is 1. The Bertz CT molecular complexity index is 982. The number of hydrogen-bond acceptors (Lipinski definition) is 5. The number of carbonyl (C=O) groups is 1. The highest BCUT2D eigenvalue weighted by atomic mass is 32.1. The van der Waals surface area contributed by atoms with E-state index in [0.29, 0.717) is 13.0 Å². The molecule has 0 aliphatic carbocycles. The fourth-order valence-electron chi connectivity index (χ4n) is 3.54. The van der Waals surface area contributed by atoms with Gasteiger partial charge in [-0.1, -0.05) is 6.07 Å². The summed E-state index contributed by atoms with van der Waals surface area (Å²) in [6.07, 6.45) is 2.15. The zero-order valence-electron chi connectivity index (χ0n) is 15.9. The smallest absolute Gasteiger partial charge is 0.233 e. The molecule has 2 heterocycles. The Morgan fingerprint density at radius 2 is 2.07 bits per heavy atom. The van der Waals surface area contributed by atoms with Gasteiger partial charge in [-0.2, -0.15) is 0 Å². The van der Waals surface area contributed by atoms with E-state index in [1.165, 1.54) is 0 Å². The van der Waals surface area contributed by atoms with E-state index in [2.05, 4.69) is 4.98 Å². The fraction of sp³-hybridized carbons (Fsp3) is 0.273. The Morgan fingerprint density at radius 3 is 2.86 bits per heavy atom. The number of aromatic nitrogens is 1. The molecule has 2 aromatic carbocycles. The number of nitrogens with zero attached hydrogens (tertiary/aromatic N) is 2. The summed E-state index contributed by atoms with van der Waals surface area (Å²) in [7, 11) is 0. The molecule has 1 aromatic heterocycles. The number of nitrogens with two attached hydrogens (primary N) is 1. The second-order valence-electron chi connectivity index (χ2n) is 6.77. The van der Waals surface area contributed by atoms with Gasteiger partial charge >= 0.3 is 0 Å². The van der Waals surface area contributed by atoms with Crippen LogP contribution in [-0.2, 0) is 17.6 Å². The summed E-state index contributed by atoms with van der Waals surface area (Å²) in [6, 6.07) is 13.7. The number of benzene rings is 2. The molecule has 28 heavy (non-hydrogen) atoms. The zero-order valence-corrected chi connectivity index (χ0v) is 16.7. The summed E-state index contributed by atoms with van der Waals surface area (Å²) in [5.74, 6) is 0.913. The van der Waals surface area contributed by atoms with Crippen LogP contribution in [0.1, 0.15) is 24.6 Å². The number of hydrogen-bond donors (Lipinski definition) is 1. The Kier molecular flexibility index (Phi) is 5.30. The first-order valence-electron chi connectivity index (χ1n) is 9.51. The SMILES string of the molecule is CCOc1ccc(-c2nc(CC(=O)N3CCCc4c(N)cccc43)cs2)cc1. The van der Waals surface area contributed by atoms with Crippen LogP contribution < -0.4 is 15.4 Å². The third-order valence-electron chi connectivity index (χ3n) is 4.88. The van der Waals surface area contributed by atoms with Crippen molar-refractivity contribution >= 4 is 28.6 Å². The third kappa shape index (κ3) is 3.73. The average molecular weight is 394 g/mol.